The van der Waals surface area contributed by atoms with Gasteiger partial charge in [-0.05, 0) is 25.1 Å². The number of aromatic nitrogens is 2. The van der Waals surface area contributed by atoms with E-state index in [1.165, 1.54) is 23.5 Å². The quantitative estimate of drug-likeness (QED) is 0.641. The van der Waals surface area contributed by atoms with Crippen molar-refractivity contribution < 1.29 is 0 Å². The van der Waals surface area contributed by atoms with E-state index in [9.17, 15) is 0 Å². The van der Waals surface area contributed by atoms with Gasteiger partial charge < -0.3 is 5.73 Å². The third-order valence-corrected chi connectivity index (χ3v) is 3.22. The van der Waals surface area contributed by atoms with Gasteiger partial charge in [-0.3, -0.25) is 5.41 Å². The molecule has 17 heavy (non-hydrogen) atoms. The Balaban J connectivity index is 2.30. The largest absolute Gasteiger partial charge is 0.384 e. The number of amidine groups is 1. The molecule has 1 heterocycles. The molecular weight excluding hydrogens is 232 g/mol. The molecule has 2 aromatic rings. The zero-order chi connectivity index (χ0) is 12.3. The molecule has 0 aliphatic carbocycles. The third-order valence-electron chi connectivity index (χ3n) is 2.21. The standard InChI is InChI=1S/C12H12N4S/c1-8-2-4-9(5-3-8)17-12-10(11(13)14)6-7-15-16-12/h2-7H,1H3,(H3,13,14). The smallest absolute Gasteiger partial charge is 0.134 e. The highest BCUT2D eigenvalue weighted by Gasteiger charge is 2.08. The van der Waals surface area contributed by atoms with Crippen LogP contribution in [0.5, 0.6) is 0 Å². The molecular formula is C12H12N4S. The van der Waals surface area contributed by atoms with Crippen molar-refractivity contribution in [2.24, 2.45) is 5.73 Å². The summed E-state index contributed by atoms with van der Waals surface area (Å²) in [5.74, 6) is 0.00881. The van der Waals surface area contributed by atoms with Crippen LogP contribution in [0.25, 0.3) is 0 Å². The Bertz CT molecular complexity index is 536. The summed E-state index contributed by atoms with van der Waals surface area (Å²) in [6, 6.07) is 9.79. The highest BCUT2D eigenvalue weighted by Crippen LogP contribution is 2.27. The maximum Gasteiger partial charge on any atom is 0.134 e. The minimum Gasteiger partial charge on any atom is -0.384 e. The van der Waals surface area contributed by atoms with E-state index >= 15 is 0 Å². The van der Waals surface area contributed by atoms with Crippen LogP contribution in [0.3, 0.4) is 0 Å². The van der Waals surface area contributed by atoms with Gasteiger partial charge in [0.15, 0.2) is 0 Å². The lowest BCUT2D eigenvalue weighted by Gasteiger charge is -2.05. The molecule has 0 radical (unpaired) electrons. The van der Waals surface area contributed by atoms with Gasteiger partial charge in [0.2, 0.25) is 0 Å². The van der Waals surface area contributed by atoms with Gasteiger partial charge in [0.1, 0.15) is 10.9 Å². The first kappa shape index (κ1) is 11.6. The fourth-order valence-electron chi connectivity index (χ4n) is 1.32. The van der Waals surface area contributed by atoms with Crippen LogP contribution in [0, 0.1) is 12.3 Å². The highest BCUT2D eigenvalue weighted by atomic mass is 32.2. The van der Waals surface area contributed by atoms with E-state index in [-0.39, 0.29) is 5.84 Å². The van der Waals surface area contributed by atoms with Gasteiger partial charge in [-0.15, -0.1) is 5.10 Å². The summed E-state index contributed by atoms with van der Waals surface area (Å²) >= 11 is 1.46. The molecule has 5 heteroatoms. The van der Waals surface area contributed by atoms with Gasteiger partial charge >= 0.3 is 0 Å². The van der Waals surface area contributed by atoms with Crippen molar-refractivity contribution in [1.29, 1.82) is 5.41 Å². The Morgan fingerprint density at radius 3 is 2.59 bits per heavy atom. The van der Waals surface area contributed by atoms with Crippen molar-refractivity contribution in [3.63, 3.8) is 0 Å². The van der Waals surface area contributed by atoms with Crippen molar-refractivity contribution >= 4 is 17.6 Å². The monoisotopic (exact) mass is 244 g/mol. The summed E-state index contributed by atoms with van der Waals surface area (Å²) in [5.41, 5.74) is 7.32. The first-order chi connectivity index (χ1) is 8.16. The number of rotatable bonds is 3. The van der Waals surface area contributed by atoms with Crippen LogP contribution in [-0.4, -0.2) is 16.0 Å². The van der Waals surface area contributed by atoms with Crippen molar-refractivity contribution in [2.75, 3.05) is 0 Å². The van der Waals surface area contributed by atoms with Crippen LogP contribution < -0.4 is 5.73 Å². The first-order valence-corrected chi connectivity index (χ1v) is 5.89. The van der Waals surface area contributed by atoms with Crippen LogP contribution in [0.1, 0.15) is 11.1 Å². The fourth-order valence-corrected chi connectivity index (χ4v) is 2.19. The Morgan fingerprint density at radius 2 is 1.94 bits per heavy atom. The maximum absolute atomic E-state index is 7.47. The average Bonchev–Trinajstić information content (AvgIpc) is 2.32. The second-order valence-electron chi connectivity index (χ2n) is 3.58. The molecule has 1 aromatic carbocycles. The second-order valence-corrected chi connectivity index (χ2v) is 4.64. The van der Waals surface area contributed by atoms with Crippen molar-refractivity contribution in [2.45, 2.75) is 16.8 Å². The van der Waals surface area contributed by atoms with E-state index in [4.69, 9.17) is 11.1 Å². The average molecular weight is 244 g/mol. The number of hydrogen-bond donors (Lipinski definition) is 2. The number of nitrogens with two attached hydrogens (primary N) is 1. The SMILES string of the molecule is Cc1ccc(Sc2nnccc2C(=N)N)cc1. The number of nitrogen functional groups attached to an aromatic ring is 1. The Morgan fingerprint density at radius 1 is 1.24 bits per heavy atom. The first-order valence-electron chi connectivity index (χ1n) is 5.07. The summed E-state index contributed by atoms with van der Waals surface area (Å²) in [6.07, 6.45) is 1.54. The molecule has 0 bridgehead atoms. The number of nitrogens with one attached hydrogen (secondary N) is 1. The van der Waals surface area contributed by atoms with Gasteiger partial charge in [0, 0.05) is 4.90 Å². The molecule has 0 saturated heterocycles. The molecule has 4 nitrogen and oxygen atoms in total. The Hall–Kier alpha value is -1.88. The van der Waals surface area contributed by atoms with Crippen molar-refractivity contribution in [3.05, 3.63) is 47.7 Å². The fraction of sp³-hybridized carbons (Fsp3) is 0.0833. The topological polar surface area (TPSA) is 75.7 Å². The van der Waals surface area contributed by atoms with E-state index in [2.05, 4.69) is 10.2 Å². The maximum atomic E-state index is 7.47. The predicted octanol–water partition coefficient (Wildman–Crippen LogP) is 2.22. The lowest BCUT2D eigenvalue weighted by atomic mass is 10.2. The number of nitrogens with zero attached hydrogens (tertiary/aromatic N) is 2. The van der Waals surface area contributed by atoms with E-state index in [1.807, 2.05) is 31.2 Å². The lowest BCUT2D eigenvalue weighted by Crippen LogP contribution is -2.13. The van der Waals surface area contributed by atoms with Crippen LogP contribution >= 0.6 is 11.8 Å². The molecule has 0 unspecified atom stereocenters. The normalized spacial score (nSPS) is 10.2. The number of hydrogen-bond acceptors (Lipinski definition) is 4. The molecule has 0 saturated carbocycles. The highest BCUT2D eigenvalue weighted by molar-refractivity contribution is 7.99. The predicted molar refractivity (Wildman–Crippen MR) is 68.4 cm³/mol. The summed E-state index contributed by atoms with van der Waals surface area (Å²) in [6.45, 7) is 2.04. The van der Waals surface area contributed by atoms with Crippen molar-refractivity contribution in [1.82, 2.24) is 10.2 Å². The zero-order valence-electron chi connectivity index (χ0n) is 9.34. The molecule has 1 aromatic heterocycles. The van der Waals surface area contributed by atoms with Crippen molar-refractivity contribution in [3.8, 4) is 0 Å². The molecule has 86 valence electrons. The summed E-state index contributed by atoms with van der Waals surface area (Å²) in [4.78, 5) is 1.05. The van der Waals surface area contributed by atoms with Crippen LogP contribution in [0.4, 0.5) is 0 Å². The molecule has 0 aliphatic rings. The second kappa shape index (κ2) is 4.97. The Kier molecular flexibility index (Phi) is 3.39. The lowest BCUT2D eigenvalue weighted by molar-refractivity contribution is 0.921. The Labute approximate surface area is 104 Å². The van der Waals surface area contributed by atoms with E-state index in [1.54, 1.807) is 6.07 Å². The summed E-state index contributed by atoms with van der Waals surface area (Å²) < 4.78 is 0. The molecule has 0 atom stereocenters. The molecule has 0 amide bonds. The molecule has 0 fully saturated rings. The van der Waals surface area contributed by atoms with E-state index in [0.717, 1.165) is 4.90 Å². The van der Waals surface area contributed by atoms with Gasteiger partial charge in [-0.25, -0.2) is 0 Å². The van der Waals surface area contributed by atoms with Gasteiger partial charge in [0.05, 0.1) is 11.8 Å². The van der Waals surface area contributed by atoms with Crippen LogP contribution in [0.2, 0.25) is 0 Å². The minimum absolute atomic E-state index is 0.00881. The van der Waals surface area contributed by atoms with Gasteiger partial charge in [-0.1, -0.05) is 29.5 Å². The van der Waals surface area contributed by atoms with Gasteiger partial charge in [-0.2, -0.15) is 5.10 Å². The number of aryl methyl sites for hydroxylation is 1. The van der Waals surface area contributed by atoms with E-state index in [0.29, 0.717) is 10.6 Å². The van der Waals surface area contributed by atoms with Crippen LogP contribution in [0.15, 0.2) is 46.5 Å². The molecule has 3 N–H and O–H groups in total. The molecule has 2 rings (SSSR count). The summed E-state index contributed by atoms with van der Waals surface area (Å²) in [7, 11) is 0. The van der Waals surface area contributed by atoms with Gasteiger partial charge in [0.25, 0.3) is 0 Å². The third kappa shape index (κ3) is 2.82. The zero-order valence-corrected chi connectivity index (χ0v) is 10.2. The number of benzene rings is 1. The minimum atomic E-state index is 0.00881. The molecule has 0 aliphatic heterocycles. The van der Waals surface area contributed by atoms with Crippen LogP contribution in [-0.2, 0) is 0 Å². The molecule has 0 spiro atoms. The van der Waals surface area contributed by atoms with E-state index < -0.39 is 0 Å². The summed E-state index contributed by atoms with van der Waals surface area (Å²) in [5, 5.41) is 16.0.